The zero-order chi connectivity index (χ0) is 22.0. The van der Waals surface area contributed by atoms with Gasteiger partial charge in [-0.1, -0.05) is 35.3 Å². The highest BCUT2D eigenvalue weighted by molar-refractivity contribution is 6.36. The average molecular weight is 477 g/mol. The zero-order valence-corrected chi connectivity index (χ0v) is 19.2. The molecule has 4 aliphatic rings. The van der Waals surface area contributed by atoms with Crippen LogP contribution in [0.1, 0.15) is 37.1 Å². The lowest BCUT2D eigenvalue weighted by Crippen LogP contribution is -2.36. The van der Waals surface area contributed by atoms with Gasteiger partial charge in [-0.3, -0.25) is 4.57 Å². The molecular weight excluding hydrogens is 454 g/mol. The van der Waals surface area contributed by atoms with Gasteiger partial charge >= 0.3 is 0 Å². The van der Waals surface area contributed by atoms with E-state index < -0.39 is 5.82 Å². The van der Waals surface area contributed by atoms with Gasteiger partial charge in [-0.05, 0) is 44.6 Å². The summed E-state index contributed by atoms with van der Waals surface area (Å²) in [5.74, 6) is 2.25. The van der Waals surface area contributed by atoms with Crippen molar-refractivity contribution in [1.29, 1.82) is 0 Å². The first kappa shape index (κ1) is 20.3. The number of nitrogens with zero attached hydrogens (tertiary/aromatic N) is 5. The molecule has 0 saturated carbocycles. The number of halogens is 3. The minimum absolute atomic E-state index is 0.0799. The first-order chi connectivity index (χ1) is 15.6. The minimum Gasteiger partial charge on any atom is -0.368 e. The number of anilines is 2. The highest BCUT2D eigenvalue weighted by atomic mass is 35.5. The molecule has 4 aliphatic heterocycles. The van der Waals surface area contributed by atoms with Gasteiger partial charge in [0.1, 0.15) is 28.7 Å². The van der Waals surface area contributed by atoms with Crippen LogP contribution in [-0.4, -0.2) is 52.3 Å². The van der Waals surface area contributed by atoms with Crippen LogP contribution in [0, 0.1) is 5.82 Å². The van der Waals surface area contributed by atoms with E-state index in [2.05, 4.69) is 31.8 Å². The normalized spacial score (nSPS) is 18.1. The topological polar surface area (TPSA) is 62.4 Å². The SMILES string of the molecule is CCN1CCC(c2nc(-c3c4c5c(n3-4)NCCN5Cc3c(Cl)ccc(F)c3Cl)no2)CC1. The van der Waals surface area contributed by atoms with Gasteiger partial charge in [-0.15, -0.1) is 0 Å². The molecule has 0 atom stereocenters. The van der Waals surface area contributed by atoms with Crippen molar-refractivity contribution < 1.29 is 8.91 Å². The van der Waals surface area contributed by atoms with Gasteiger partial charge in [0.05, 0.1) is 5.02 Å². The largest absolute Gasteiger partial charge is 0.368 e. The van der Waals surface area contributed by atoms with Crippen molar-refractivity contribution in [3.63, 3.8) is 0 Å². The summed E-state index contributed by atoms with van der Waals surface area (Å²) >= 11 is 12.5. The van der Waals surface area contributed by atoms with Gasteiger partial charge in [0.2, 0.25) is 11.7 Å². The summed E-state index contributed by atoms with van der Waals surface area (Å²) in [6.45, 7) is 7.39. The molecule has 168 valence electrons. The lowest BCUT2D eigenvalue weighted by molar-refractivity contribution is 0.202. The highest BCUT2D eigenvalue weighted by Gasteiger charge is 2.45. The van der Waals surface area contributed by atoms with Crippen molar-refractivity contribution in [2.75, 3.05) is 42.9 Å². The highest BCUT2D eigenvalue weighted by Crippen LogP contribution is 2.58. The fraction of sp³-hybridized carbons (Fsp3) is 0.455. The molecule has 2 aromatic rings. The van der Waals surface area contributed by atoms with Crippen LogP contribution in [0.5, 0.6) is 0 Å². The van der Waals surface area contributed by atoms with E-state index in [1.54, 1.807) is 6.07 Å². The smallest absolute Gasteiger partial charge is 0.230 e. The maximum absolute atomic E-state index is 14.0. The Balaban J connectivity index is 1.25. The third-order valence-corrected chi connectivity index (χ3v) is 7.57. The van der Waals surface area contributed by atoms with E-state index in [1.807, 2.05) is 0 Å². The Hall–Kier alpha value is -2.29. The first-order valence-corrected chi connectivity index (χ1v) is 11.8. The molecule has 10 heteroatoms. The Morgan fingerprint density at radius 3 is 2.78 bits per heavy atom. The minimum atomic E-state index is -0.457. The Bertz CT molecular complexity index is 1200. The fourth-order valence-electron chi connectivity index (χ4n) is 4.92. The average Bonchev–Trinajstić information content (AvgIpc) is 3.19. The van der Waals surface area contributed by atoms with Crippen LogP contribution < -0.4 is 10.2 Å². The summed E-state index contributed by atoms with van der Waals surface area (Å²) in [5.41, 5.74) is 3.74. The third kappa shape index (κ3) is 3.11. The second kappa shape index (κ2) is 7.64. The molecule has 1 N–H and O–H groups in total. The zero-order valence-electron chi connectivity index (χ0n) is 17.7. The summed E-state index contributed by atoms with van der Waals surface area (Å²) in [6.07, 6.45) is 2.09. The lowest BCUT2D eigenvalue weighted by atomic mass is 9.97. The molecule has 32 heavy (non-hydrogen) atoms. The molecule has 1 fully saturated rings. The predicted molar refractivity (Wildman–Crippen MR) is 123 cm³/mol. The monoisotopic (exact) mass is 476 g/mol. The molecule has 0 amide bonds. The van der Waals surface area contributed by atoms with Crippen LogP contribution in [-0.2, 0) is 6.54 Å². The number of rotatable bonds is 5. The second-order valence-corrected chi connectivity index (χ2v) is 9.35. The number of likely N-dealkylation sites (tertiary alicyclic amines) is 1. The summed E-state index contributed by atoms with van der Waals surface area (Å²) in [4.78, 5) is 9.36. The molecular formula is C22H23Cl2FN6O. The number of aromatic nitrogens is 3. The predicted octanol–water partition coefficient (Wildman–Crippen LogP) is 4.92. The van der Waals surface area contributed by atoms with Crippen molar-refractivity contribution in [2.45, 2.75) is 32.2 Å². The number of hydrogen-bond donors (Lipinski definition) is 1. The quantitative estimate of drug-likeness (QED) is 0.412. The van der Waals surface area contributed by atoms with Crippen molar-refractivity contribution >= 4 is 34.7 Å². The Kier molecular flexibility index (Phi) is 4.85. The van der Waals surface area contributed by atoms with E-state index in [9.17, 15) is 4.39 Å². The van der Waals surface area contributed by atoms with Crippen LogP contribution in [0.4, 0.5) is 15.9 Å². The van der Waals surface area contributed by atoms with Crippen LogP contribution in [0.2, 0.25) is 10.0 Å². The molecule has 1 aromatic carbocycles. The number of nitrogens with one attached hydrogen (secondary N) is 1. The molecule has 0 radical (unpaired) electrons. The molecule has 0 aliphatic carbocycles. The van der Waals surface area contributed by atoms with Gasteiger partial charge in [-0.2, -0.15) is 4.98 Å². The van der Waals surface area contributed by atoms with Crippen molar-refractivity contribution in [3.05, 3.63) is 39.4 Å². The first-order valence-electron chi connectivity index (χ1n) is 11.0. The van der Waals surface area contributed by atoms with E-state index in [1.165, 1.54) is 6.07 Å². The molecule has 7 nitrogen and oxygen atoms in total. The van der Waals surface area contributed by atoms with Crippen LogP contribution in [0.25, 0.3) is 17.2 Å². The second-order valence-electron chi connectivity index (χ2n) is 8.56. The number of piperidine rings is 1. The number of fused-ring (bicyclic) bond motifs is 4. The molecule has 0 unspecified atom stereocenters. The Morgan fingerprint density at radius 2 is 2.00 bits per heavy atom. The molecule has 0 spiro atoms. The maximum Gasteiger partial charge on any atom is 0.230 e. The van der Waals surface area contributed by atoms with E-state index in [0.717, 1.165) is 74.3 Å². The van der Waals surface area contributed by atoms with Crippen molar-refractivity contribution in [3.8, 4) is 17.2 Å². The Labute approximate surface area is 195 Å². The van der Waals surface area contributed by atoms with Gasteiger partial charge in [0.25, 0.3) is 0 Å². The van der Waals surface area contributed by atoms with Gasteiger partial charge in [0, 0.05) is 36.1 Å². The van der Waals surface area contributed by atoms with E-state index in [0.29, 0.717) is 28.9 Å². The molecule has 5 heterocycles. The molecule has 1 saturated heterocycles. The summed E-state index contributed by atoms with van der Waals surface area (Å²) in [6, 6.07) is 2.85. The van der Waals surface area contributed by atoms with Crippen LogP contribution >= 0.6 is 23.2 Å². The fourth-order valence-corrected chi connectivity index (χ4v) is 5.41. The Morgan fingerprint density at radius 1 is 1.19 bits per heavy atom. The molecule has 6 rings (SSSR count). The van der Waals surface area contributed by atoms with Crippen LogP contribution in [0.3, 0.4) is 0 Å². The summed E-state index contributed by atoms with van der Waals surface area (Å²) < 4.78 is 21.8. The summed E-state index contributed by atoms with van der Waals surface area (Å²) in [7, 11) is 0. The lowest BCUT2D eigenvalue weighted by Gasteiger charge is -2.35. The van der Waals surface area contributed by atoms with Crippen LogP contribution in [0.15, 0.2) is 16.7 Å². The van der Waals surface area contributed by atoms with Crippen molar-refractivity contribution in [2.24, 2.45) is 0 Å². The van der Waals surface area contributed by atoms with E-state index in [4.69, 9.17) is 32.7 Å². The summed E-state index contributed by atoms with van der Waals surface area (Å²) in [5, 5.41) is 8.26. The van der Waals surface area contributed by atoms with E-state index in [-0.39, 0.29) is 5.02 Å². The van der Waals surface area contributed by atoms with Gasteiger partial charge in [0.15, 0.2) is 0 Å². The third-order valence-electron chi connectivity index (χ3n) is 6.81. The molecule has 1 aromatic heterocycles. The molecule has 0 bridgehead atoms. The maximum atomic E-state index is 14.0. The number of hydrogen-bond acceptors (Lipinski definition) is 6. The standard InChI is InChI=1S/C22H23Cl2FN6O/c1-2-29-8-5-12(6-9-29)22-27-20(28-32-22)18-17-19-21(31(17)18)26-7-10-30(19)11-13-14(23)3-4-15(25)16(13)24/h3-4,12,26H,2,5-11H2,1H3. The van der Waals surface area contributed by atoms with Gasteiger partial charge < -0.3 is 19.6 Å². The number of benzene rings is 1. The van der Waals surface area contributed by atoms with E-state index >= 15 is 0 Å². The van der Waals surface area contributed by atoms with Crippen molar-refractivity contribution in [1.82, 2.24) is 19.6 Å². The van der Waals surface area contributed by atoms with Gasteiger partial charge in [-0.25, -0.2) is 4.39 Å².